The molecule has 104 valence electrons. The fourth-order valence-electron chi connectivity index (χ4n) is 2.26. The average molecular weight is 270 g/mol. The van der Waals surface area contributed by atoms with Gasteiger partial charge in [0.25, 0.3) is 0 Å². The monoisotopic (exact) mass is 270 g/mol. The van der Waals surface area contributed by atoms with Gasteiger partial charge in [-0.3, -0.25) is 4.98 Å². The minimum Gasteiger partial charge on any atom is -0.492 e. The van der Waals surface area contributed by atoms with Gasteiger partial charge >= 0.3 is 0 Å². The van der Waals surface area contributed by atoms with Crippen LogP contribution >= 0.6 is 0 Å². The van der Waals surface area contributed by atoms with Crippen LogP contribution in [-0.2, 0) is 6.42 Å². The Balaban J connectivity index is 1.49. The number of ether oxygens (including phenoxy) is 1. The van der Waals surface area contributed by atoms with Crippen LogP contribution in [0, 0.1) is 5.92 Å². The quantitative estimate of drug-likeness (QED) is 0.831. The highest BCUT2D eigenvalue weighted by Gasteiger charge is 2.28. The van der Waals surface area contributed by atoms with Gasteiger partial charge in [-0.25, -0.2) is 9.97 Å². The average Bonchev–Trinajstić information content (AvgIpc) is 2.47. The van der Waals surface area contributed by atoms with E-state index in [0.29, 0.717) is 5.92 Å². The second kappa shape index (κ2) is 5.86. The Labute approximate surface area is 118 Å². The molecule has 0 spiro atoms. The van der Waals surface area contributed by atoms with Gasteiger partial charge in [-0.05, 0) is 18.6 Å². The van der Waals surface area contributed by atoms with Gasteiger partial charge < -0.3 is 9.64 Å². The molecule has 0 atom stereocenters. The third-order valence-corrected chi connectivity index (χ3v) is 3.47. The van der Waals surface area contributed by atoms with Gasteiger partial charge in [0.1, 0.15) is 17.9 Å². The third kappa shape index (κ3) is 2.87. The number of hydrogen-bond acceptors (Lipinski definition) is 5. The van der Waals surface area contributed by atoms with Crippen LogP contribution in [0.2, 0.25) is 0 Å². The summed E-state index contributed by atoms with van der Waals surface area (Å²) < 4.78 is 5.72. The molecule has 20 heavy (non-hydrogen) atoms. The van der Waals surface area contributed by atoms with Crippen LogP contribution in [0.4, 0.5) is 5.82 Å². The lowest BCUT2D eigenvalue weighted by molar-refractivity contribution is 0.219. The molecular formula is C15H18N4O. The first-order valence-electron chi connectivity index (χ1n) is 6.94. The third-order valence-electron chi connectivity index (χ3n) is 3.47. The molecule has 2 aromatic rings. The zero-order chi connectivity index (χ0) is 13.8. The molecule has 0 radical (unpaired) electrons. The molecule has 0 bridgehead atoms. The number of pyridine rings is 1. The molecule has 1 fully saturated rings. The highest BCUT2D eigenvalue weighted by molar-refractivity contribution is 5.42. The molecule has 1 saturated heterocycles. The van der Waals surface area contributed by atoms with E-state index in [1.165, 1.54) is 0 Å². The first kappa shape index (κ1) is 12.8. The lowest BCUT2D eigenvalue weighted by Gasteiger charge is -2.39. The van der Waals surface area contributed by atoms with Crippen LogP contribution in [0.1, 0.15) is 12.6 Å². The van der Waals surface area contributed by atoms with E-state index in [4.69, 9.17) is 4.74 Å². The molecule has 3 rings (SSSR count). The van der Waals surface area contributed by atoms with Crippen LogP contribution in [0.3, 0.4) is 0 Å². The van der Waals surface area contributed by atoms with Crippen molar-refractivity contribution in [2.75, 3.05) is 24.6 Å². The topological polar surface area (TPSA) is 51.1 Å². The smallest absolute Gasteiger partial charge is 0.137 e. The van der Waals surface area contributed by atoms with E-state index < -0.39 is 0 Å². The highest BCUT2D eigenvalue weighted by Crippen LogP contribution is 2.23. The maximum Gasteiger partial charge on any atom is 0.137 e. The lowest BCUT2D eigenvalue weighted by Crippen LogP contribution is -2.49. The minimum atomic E-state index is 0.551. The summed E-state index contributed by atoms with van der Waals surface area (Å²) in [7, 11) is 0. The largest absolute Gasteiger partial charge is 0.492 e. The van der Waals surface area contributed by atoms with E-state index in [0.717, 1.165) is 43.4 Å². The van der Waals surface area contributed by atoms with Gasteiger partial charge in [0.05, 0.1) is 12.8 Å². The van der Waals surface area contributed by atoms with Crippen molar-refractivity contribution in [1.82, 2.24) is 15.0 Å². The molecule has 1 aliphatic rings. The van der Waals surface area contributed by atoms with Crippen molar-refractivity contribution < 1.29 is 4.74 Å². The number of anilines is 1. The summed E-state index contributed by atoms with van der Waals surface area (Å²) in [6.07, 6.45) is 6.08. The van der Waals surface area contributed by atoms with Crippen LogP contribution in [0.25, 0.3) is 0 Å². The summed E-state index contributed by atoms with van der Waals surface area (Å²) >= 11 is 0. The first-order chi connectivity index (χ1) is 9.85. The van der Waals surface area contributed by atoms with Gasteiger partial charge in [-0.1, -0.05) is 6.92 Å². The van der Waals surface area contributed by atoms with Gasteiger partial charge in [0.2, 0.25) is 0 Å². The molecule has 5 heteroatoms. The molecule has 3 heterocycles. The zero-order valence-corrected chi connectivity index (χ0v) is 11.6. The molecule has 0 aromatic carbocycles. The standard InChI is InChI=1S/C15H18N4O/c1-2-13-6-15(18-11-17-13)19-8-12(9-19)10-20-14-4-3-5-16-7-14/h3-7,11-12H,2,8-10H2,1H3. The fourth-order valence-corrected chi connectivity index (χ4v) is 2.26. The van der Waals surface area contributed by atoms with E-state index in [9.17, 15) is 0 Å². The molecule has 0 aliphatic carbocycles. The van der Waals surface area contributed by atoms with E-state index >= 15 is 0 Å². The van der Waals surface area contributed by atoms with Gasteiger partial charge in [-0.2, -0.15) is 0 Å². The SMILES string of the molecule is CCc1cc(N2CC(COc3cccnc3)C2)ncn1. The van der Waals surface area contributed by atoms with Crippen molar-refractivity contribution in [1.29, 1.82) is 0 Å². The number of aryl methyl sites for hydroxylation is 1. The Morgan fingerprint density at radius 3 is 3.00 bits per heavy atom. The lowest BCUT2D eigenvalue weighted by atomic mass is 10.0. The van der Waals surface area contributed by atoms with Gasteiger partial charge in [0.15, 0.2) is 0 Å². The van der Waals surface area contributed by atoms with E-state index in [1.807, 2.05) is 12.1 Å². The molecule has 0 amide bonds. The predicted octanol–water partition coefficient (Wildman–Crippen LogP) is 1.95. The molecule has 5 nitrogen and oxygen atoms in total. The number of nitrogens with zero attached hydrogens (tertiary/aromatic N) is 4. The van der Waals surface area contributed by atoms with Crippen molar-refractivity contribution in [3.63, 3.8) is 0 Å². The highest BCUT2D eigenvalue weighted by atomic mass is 16.5. The second-order valence-corrected chi connectivity index (χ2v) is 4.99. The Morgan fingerprint density at radius 1 is 1.35 bits per heavy atom. The summed E-state index contributed by atoms with van der Waals surface area (Å²) in [6, 6.07) is 5.88. The van der Waals surface area contributed by atoms with Crippen molar-refractivity contribution >= 4 is 5.82 Å². The maximum atomic E-state index is 5.72. The maximum absolute atomic E-state index is 5.72. The fraction of sp³-hybridized carbons (Fsp3) is 0.400. The minimum absolute atomic E-state index is 0.551. The predicted molar refractivity (Wildman–Crippen MR) is 76.8 cm³/mol. The summed E-state index contributed by atoms with van der Waals surface area (Å²) in [6.45, 7) is 4.81. The molecule has 2 aromatic heterocycles. The van der Waals surface area contributed by atoms with E-state index in [-0.39, 0.29) is 0 Å². The summed E-state index contributed by atoms with van der Waals surface area (Å²) in [5.41, 5.74) is 1.09. The van der Waals surface area contributed by atoms with Crippen molar-refractivity contribution in [3.05, 3.63) is 42.6 Å². The molecule has 0 unspecified atom stereocenters. The Bertz CT molecular complexity index is 555. The van der Waals surface area contributed by atoms with Crippen molar-refractivity contribution in [3.8, 4) is 5.75 Å². The normalized spacial score (nSPS) is 14.9. The molecule has 0 N–H and O–H groups in total. The van der Waals surface area contributed by atoms with Crippen LogP contribution < -0.4 is 9.64 Å². The number of hydrogen-bond donors (Lipinski definition) is 0. The summed E-state index contributed by atoms with van der Waals surface area (Å²) in [5.74, 6) is 2.41. The van der Waals surface area contributed by atoms with Crippen LogP contribution in [-0.4, -0.2) is 34.6 Å². The zero-order valence-electron chi connectivity index (χ0n) is 11.6. The Kier molecular flexibility index (Phi) is 3.76. The number of aromatic nitrogens is 3. The van der Waals surface area contributed by atoms with Gasteiger partial charge in [-0.15, -0.1) is 0 Å². The molecular weight excluding hydrogens is 252 g/mol. The summed E-state index contributed by atoms with van der Waals surface area (Å²) in [4.78, 5) is 14.8. The Hall–Kier alpha value is -2.17. The molecule has 1 aliphatic heterocycles. The van der Waals surface area contributed by atoms with Crippen LogP contribution in [0.15, 0.2) is 36.9 Å². The van der Waals surface area contributed by atoms with E-state index in [1.54, 1.807) is 18.7 Å². The van der Waals surface area contributed by atoms with Crippen molar-refractivity contribution in [2.45, 2.75) is 13.3 Å². The summed E-state index contributed by atoms with van der Waals surface area (Å²) in [5, 5.41) is 0. The first-order valence-corrected chi connectivity index (χ1v) is 6.94. The second-order valence-electron chi connectivity index (χ2n) is 4.99. The van der Waals surface area contributed by atoms with Crippen molar-refractivity contribution in [2.24, 2.45) is 5.92 Å². The number of rotatable bonds is 5. The van der Waals surface area contributed by atoms with E-state index in [2.05, 4.69) is 32.8 Å². The van der Waals surface area contributed by atoms with Crippen LogP contribution in [0.5, 0.6) is 5.75 Å². The van der Waals surface area contributed by atoms with Gasteiger partial charge in [0, 0.05) is 37.0 Å². The molecule has 0 saturated carbocycles. The Morgan fingerprint density at radius 2 is 2.25 bits per heavy atom.